The third-order valence-corrected chi connectivity index (χ3v) is 5.12. The Balaban J connectivity index is 1.80. The lowest BCUT2D eigenvalue weighted by Gasteiger charge is -2.30. The van der Waals surface area contributed by atoms with Crippen LogP contribution in [0.3, 0.4) is 0 Å². The molecule has 1 saturated carbocycles. The number of hydrogen-bond donors (Lipinski definition) is 0. The highest BCUT2D eigenvalue weighted by Crippen LogP contribution is 2.42. The van der Waals surface area contributed by atoms with Gasteiger partial charge >= 0.3 is 0 Å². The summed E-state index contributed by atoms with van der Waals surface area (Å²) in [5.74, 6) is 4.30. The summed E-state index contributed by atoms with van der Waals surface area (Å²) < 4.78 is 0.750. The van der Waals surface area contributed by atoms with Gasteiger partial charge in [-0.1, -0.05) is 0 Å². The molecule has 12 heavy (non-hydrogen) atoms. The van der Waals surface area contributed by atoms with Crippen LogP contribution in [0, 0.1) is 31.6 Å². The highest BCUT2D eigenvalue weighted by molar-refractivity contribution is 8.17. The molecule has 0 N–H and O–H groups in total. The van der Waals surface area contributed by atoms with Crippen LogP contribution >= 0.6 is 23.5 Å². The van der Waals surface area contributed by atoms with E-state index in [9.17, 15) is 0 Å². The van der Waals surface area contributed by atoms with Gasteiger partial charge in [0.15, 0.2) is 0 Å². The molecule has 0 spiro atoms. The van der Waals surface area contributed by atoms with Crippen LogP contribution in [-0.4, -0.2) is 16.1 Å². The third kappa shape index (κ3) is 2.35. The first-order valence-corrected chi connectivity index (χ1v) is 6.49. The van der Waals surface area contributed by atoms with Gasteiger partial charge in [0.1, 0.15) is 0 Å². The van der Waals surface area contributed by atoms with Crippen molar-refractivity contribution in [1.82, 2.24) is 0 Å². The largest absolute Gasteiger partial charge is 0.147 e. The lowest BCUT2D eigenvalue weighted by molar-refractivity contribution is 0.900. The fraction of sp³-hybridized carbons (Fsp3) is 0.500. The molecular formula is C10H13S2. The van der Waals surface area contributed by atoms with E-state index in [2.05, 4.69) is 49.2 Å². The highest BCUT2D eigenvalue weighted by Gasteiger charge is 2.26. The second kappa shape index (κ2) is 4.80. The molecule has 2 fully saturated rings. The van der Waals surface area contributed by atoms with Crippen molar-refractivity contribution in [2.24, 2.45) is 0 Å². The van der Waals surface area contributed by atoms with Gasteiger partial charge in [-0.25, -0.2) is 0 Å². The van der Waals surface area contributed by atoms with Gasteiger partial charge in [0.05, 0.1) is 4.58 Å². The molecule has 0 aromatic carbocycles. The zero-order chi connectivity index (χ0) is 8.23. The minimum atomic E-state index is 0.750. The number of thioether (sulfide) groups is 2. The van der Waals surface area contributed by atoms with Crippen molar-refractivity contribution >= 4 is 23.5 Å². The molecule has 2 heteroatoms. The van der Waals surface area contributed by atoms with Crippen LogP contribution in [0.25, 0.3) is 0 Å². The average Bonchev–Trinajstić information content (AvgIpc) is 2.21. The van der Waals surface area contributed by atoms with Gasteiger partial charge < -0.3 is 0 Å². The summed E-state index contributed by atoms with van der Waals surface area (Å²) in [4.78, 5) is 0. The van der Waals surface area contributed by atoms with Crippen molar-refractivity contribution < 1.29 is 0 Å². The van der Waals surface area contributed by atoms with Crippen LogP contribution < -0.4 is 0 Å². The Kier molecular flexibility index (Phi) is 3.71. The molecule has 1 aliphatic heterocycles. The zero-order valence-electron chi connectivity index (χ0n) is 7.03. The van der Waals surface area contributed by atoms with Crippen molar-refractivity contribution in [3.8, 4) is 0 Å². The molecule has 0 nitrogen and oxygen atoms in total. The predicted octanol–water partition coefficient (Wildman–Crippen LogP) is 2.98. The van der Waals surface area contributed by atoms with Gasteiger partial charge in [-0.3, -0.25) is 0 Å². The van der Waals surface area contributed by atoms with Gasteiger partial charge in [0.25, 0.3) is 0 Å². The van der Waals surface area contributed by atoms with Crippen molar-refractivity contribution in [2.75, 3.05) is 11.5 Å². The second-order valence-corrected chi connectivity index (χ2v) is 5.72. The summed E-state index contributed by atoms with van der Waals surface area (Å²) >= 11 is 4.22. The summed E-state index contributed by atoms with van der Waals surface area (Å²) in [6.45, 7) is 0. The van der Waals surface area contributed by atoms with E-state index in [1.165, 1.54) is 24.3 Å². The molecule has 1 heterocycles. The Morgan fingerprint density at radius 2 is 2.00 bits per heavy atom. The standard InChI is InChI=1S/C10H13S2/c1-2-5-9(6-3-1)10-11-7-4-8-12-10/h1-3,5,10H,4,6-8H2. The number of hydrogen-bond acceptors (Lipinski definition) is 2. The van der Waals surface area contributed by atoms with E-state index in [1.807, 2.05) is 0 Å². The van der Waals surface area contributed by atoms with E-state index in [0.717, 1.165) is 4.58 Å². The molecule has 0 aromatic heterocycles. The van der Waals surface area contributed by atoms with Crippen molar-refractivity contribution in [3.05, 3.63) is 31.6 Å². The summed E-state index contributed by atoms with van der Waals surface area (Å²) in [5, 5.41) is 0. The molecule has 0 bridgehead atoms. The van der Waals surface area contributed by atoms with Crippen LogP contribution in [-0.2, 0) is 0 Å². The summed E-state index contributed by atoms with van der Waals surface area (Å²) in [7, 11) is 0. The van der Waals surface area contributed by atoms with E-state index in [0.29, 0.717) is 0 Å². The summed E-state index contributed by atoms with van der Waals surface area (Å²) in [6, 6.07) is 0. The molecular weight excluding hydrogens is 184 g/mol. The van der Waals surface area contributed by atoms with Crippen molar-refractivity contribution in [2.45, 2.75) is 17.4 Å². The van der Waals surface area contributed by atoms with Crippen LogP contribution in [0.2, 0.25) is 0 Å². The molecule has 0 unspecified atom stereocenters. The zero-order valence-corrected chi connectivity index (χ0v) is 8.66. The number of rotatable bonds is 1. The Hall–Kier alpha value is 0.700. The monoisotopic (exact) mass is 197 g/mol. The van der Waals surface area contributed by atoms with Gasteiger partial charge in [0, 0.05) is 5.92 Å². The Bertz CT molecular complexity index is 108. The first-order valence-electron chi connectivity index (χ1n) is 4.39. The molecule has 5 radical (unpaired) electrons. The quantitative estimate of drug-likeness (QED) is 0.634. The fourth-order valence-electron chi connectivity index (χ4n) is 1.41. The molecule has 2 aliphatic rings. The molecule has 65 valence electrons. The maximum atomic E-state index is 2.29. The topological polar surface area (TPSA) is 0 Å². The minimum Gasteiger partial charge on any atom is -0.147 e. The first kappa shape index (κ1) is 9.26. The van der Waals surface area contributed by atoms with Crippen LogP contribution in [0.5, 0.6) is 0 Å². The van der Waals surface area contributed by atoms with Crippen molar-refractivity contribution in [3.63, 3.8) is 0 Å². The van der Waals surface area contributed by atoms with E-state index < -0.39 is 0 Å². The fourth-order valence-corrected chi connectivity index (χ4v) is 4.38. The highest BCUT2D eigenvalue weighted by atomic mass is 32.2. The van der Waals surface area contributed by atoms with Crippen molar-refractivity contribution in [1.29, 1.82) is 0 Å². The molecule has 2 rings (SSSR count). The smallest absolute Gasteiger partial charge is 0.0567 e. The predicted molar refractivity (Wildman–Crippen MR) is 58.4 cm³/mol. The maximum absolute atomic E-state index is 2.29. The molecule has 0 atom stereocenters. The minimum absolute atomic E-state index is 0.750. The lowest BCUT2D eigenvalue weighted by atomic mass is 9.91. The maximum Gasteiger partial charge on any atom is 0.0567 e. The third-order valence-electron chi connectivity index (χ3n) is 2.04. The molecule has 0 aromatic rings. The van der Waals surface area contributed by atoms with E-state index in [1.54, 1.807) is 5.92 Å². The second-order valence-electron chi connectivity index (χ2n) is 2.99. The molecule has 0 amide bonds. The normalized spacial score (nSPS) is 29.0. The molecule has 1 aliphatic carbocycles. The summed E-state index contributed by atoms with van der Waals surface area (Å²) in [5.41, 5.74) is 0. The van der Waals surface area contributed by atoms with Crippen LogP contribution in [0.15, 0.2) is 0 Å². The Labute approximate surface area is 84.3 Å². The van der Waals surface area contributed by atoms with Crippen LogP contribution in [0.1, 0.15) is 12.8 Å². The van der Waals surface area contributed by atoms with E-state index in [-0.39, 0.29) is 0 Å². The first-order chi connectivity index (χ1) is 5.97. The van der Waals surface area contributed by atoms with Gasteiger partial charge in [-0.2, -0.15) is 0 Å². The molecule has 1 saturated heterocycles. The Morgan fingerprint density at radius 1 is 1.17 bits per heavy atom. The van der Waals surface area contributed by atoms with E-state index in [4.69, 9.17) is 0 Å². The Morgan fingerprint density at radius 3 is 2.67 bits per heavy atom. The lowest BCUT2D eigenvalue weighted by Crippen LogP contribution is -2.20. The van der Waals surface area contributed by atoms with Gasteiger partial charge in [-0.15, -0.1) is 23.5 Å². The van der Waals surface area contributed by atoms with Gasteiger partial charge in [0.2, 0.25) is 0 Å². The van der Waals surface area contributed by atoms with Gasteiger partial charge in [-0.05, 0) is 50.0 Å². The van der Waals surface area contributed by atoms with E-state index >= 15 is 0 Å². The SMILES string of the molecule is [CH]1[CH][CH][C](C2SCCCS2)C[CH]1. The average molecular weight is 197 g/mol. The summed E-state index contributed by atoms with van der Waals surface area (Å²) in [6.07, 6.45) is 11.4. The van der Waals surface area contributed by atoms with Crippen LogP contribution in [0.4, 0.5) is 0 Å².